The van der Waals surface area contributed by atoms with E-state index in [-0.39, 0.29) is 11.7 Å². The molecule has 3 rings (SSSR count). The molecule has 0 aliphatic rings. The van der Waals surface area contributed by atoms with E-state index in [0.717, 1.165) is 15.2 Å². The van der Waals surface area contributed by atoms with Gasteiger partial charge in [0, 0.05) is 11.4 Å². The van der Waals surface area contributed by atoms with Crippen molar-refractivity contribution < 1.29 is 4.79 Å². The number of benzene rings is 2. The van der Waals surface area contributed by atoms with Crippen molar-refractivity contribution in [1.82, 2.24) is 4.98 Å². The van der Waals surface area contributed by atoms with Crippen LogP contribution >= 0.6 is 11.3 Å². The van der Waals surface area contributed by atoms with Crippen molar-refractivity contribution in [1.29, 1.82) is 0 Å². The number of anilines is 2. The van der Waals surface area contributed by atoms with E-state index in [2.05, 4.69) is 20.8 Å². The van der Waals surface area contributed by atoms with E-state index < -0.39 is 0 Å². The number of aryl methyl sites for hydroxylation is 1. The van der Waals surface area contributed by atoms with E-state index in [4.69, 9.17) is 0 Å². The molecule has 0 aliphatic carbocycles. The molecule has 0 radical (unpaired) electrons. The monoisotopic (exact) mass is 312 g/mol. The highest BCUT2D eigenvalue weighted by atomic mass is 32.1. The Morgan fingerprint density at radius 3 is 2.68 bits per heavy atom. The fraction of sp³-hybridized carbons (Fsp3) is 0.0667. The van der Waals surface area contributed by atoms with E-state index in [1.165, 1.54) is 6.07 Å². The molecule has 0 saturated heterocycles. The van der Waals surface area contributed by atoms with Crippen LogP contribution in [0.25, 0.3) is 10.2 Å². The van der Waals surface area contributed by atoms with Gasteiger partial charge in [0.1, 0.15) is 5.69 Å². The summed E-state index contributed by atoms with van der Waals surface area (Å²) in [7, 11) is 0. The normalized spacial score (nSPS) is 10.4. The van der Waals surface area contributed by atoms with Crippen LogP contribution in [0.15, 0.2) is 47.6 Å². The summed E-state index contributed by atoms with van der Waals surface area (Å²) in [5.74, 6) is 0. The van der Waals surface area contributed by atoms with Gasteiger partial charge in [-0.1, -0.05) is 6.07 Å². The number of fused-ring (bicyclic) bond motifs is 1. The molecule has 2 N–H and O–H groups in total. The quantitative estimate of drug-likeness (QED) is 0.691. The average Bonchev–Trinajstić information content (AvgIpc) is 2.86. The standard InChI is InChI=1S/C15H12N4O2S/c1-9-16-13-6-5-11(8-14(13)22-9)18-15(20)17-10-3-2-4-12(7-10)19-21/h2-8H,1H3,(H2,17,18,20). The van der Waals surface area contributed by atoms with Crippen molar-refractivity contribution in [2.24, 2.45) is 5.18 Å². The van der Waals surface area contributed by atoms with Crippen LogP contribution < -0.4 is 10.6 Å². The summed E-state index contributed by atoms with van der Waals surface area (Å²) in [6, 6.07) is 11.6. The highest BCUT2D eigenvalue weighted by Gasteiger charge is 2.06. The first kappa shape index (κ1) is 14.2. The van der Waals surface area contributed by atoms with Gasteiger partial charge < -0.3 is 10.6 Å². The molecule has 7 heteroatoms. The average molecular weight is 312 g/mol. The van der Waals surface area contributed by atoms with Crippen molar-refractivity contribution in [3.63, 3.8) is 0 Å². The van der Waals surface area contributed by atoms with Crippen LogP contribution in [0.3, 0.4) is 0 Å². The van der Waals surface area contributed by atoms with E-state index >= 15 is 0 Å². The van der Waals surface area contributed by atoms with Crippen molar-refractivity contribution in [3.05, 3.63) is 52.4 Å². The minimum Gasteiger partial charge on any atom is -0.308 e. The van der Waals surface area contributed by atoms with Crippen LogP contribution in [0.2, 0.25) is 0 Å². The first-order valence-corrected chi connectivity index (χ1v) is 7.34. The van der Waals surface area contributed by atoms with Crippen LogP contribution in [0, 0.1) is 11.8 Å². The molecule has 0 fully saturated rings. The number of urea groups is 1. The molecule has 6 nitrogen and oxygen atoms in total. The number of nitrogens with zero attached hydrogens (tertiary/aromatic N) is 2. The largest absolute Gasteiger partial charge is 0.323 e. The molecule has 0 atom stereocenters. The maximum atomic E-state index is 12.0. The zero-order valence-electron chi connectivity index (χ0n) is 11.7. The maximum Gasteiger partial charge on any atom is 0.323 e. The Morgan fingerprint density at radius 1 is 1.14 bits per heavy atom. The Balaban J connectivity index is 1.73. The molecule has 22 heavy (non-hydrogen) atoms. The number of hydrogen-bond acceptors (Lipinski definition) is 5. The fourth-order valence-electron chi connectivity index (χ4n) is 2.05. The van der Waals surface area contributed by atoms with E-state index in [9.17, 15) is 9.70 Å². The third kappa shape index (κ3) is 3.09. The highest BCUT2D eigenvalue weighted by Crippen LogP contribution is 2.25. The Labute approximate surface area is 130 Å². The van der Waals surface area contributed by atoms with Crippen LogP contribution in [-0.2, 0) is 0 Å². The van der Waals surface area contributed by atoms with Gasteiger partial charge in [-0.15, -0.1) is 16.2 Å². The molecule has 0 spiro atoms. The summed E-state index contributed by atoms with van der Waals surface area (Å²) in [5.41, 5.74) is 2.36. The van der Waals surface area contributed by atoms with Crippen LogP contribution in [0.5, 0.6) is 0 Å². The SMILES string of the molecule is Cc1nc2ccc(NC(=O)Nc3cccc(N=O)c3)cc2s1. The number of nitrogens with one attached hydrogen (secondary N) is 2. The molecule has 1 heterocycles. The maximum absolute atomic E-state index is 12.0. The molecule has 3 aromatic rings. The Morgan fingerprint density at radius 2 is 1.91 bits per heavy atom. The second-order valence-corrected chi connectivity index (χ2v) is 5.87. The van der Waals surface area contributed by atoms with Crippen LogP contribution in [-0.4, -0.2) is 11.0 Å². The topological polar surface area (TPSA) is 83.4 Å². The van der Waals surface area contributed by atoms with E-state index in [1.807, 2.05) is 19.1 Å². The number of nitroso groups, excluding NO2 is 1. The van der Waals surface area contributed by atoms with Crippen molar-refractivity contribution >= 4 is 44.6 Å². The highest BCUT2D eigenvalue weighted by molar-refractivity contribution is 7.18. The third-order valence-corrected chi connectivity index (χ3v) is 3.90. The number of hydrogen-bond donors (Lipinski definition) is 2. The zero-order chi connectivity index (χ0) is 15.5. The van der Waals surface area contributed by atoms with Gasteiger partial charge in [-0.3, -0.25) is 0 Å². The number of aromatic nitrogens is 1. The summed E-state index contributed by atoms with van der Waals surface area (Å²) in [6.07, 6.45) is 0. The summed E-state index contributed by atoms with van der Waals surface area (Å²) in [5, 5.41) is 9.22. The van der Waals surface area contributed by atoms with Gasteiger partial charge >= 0.3 is 6.03 Å². The summed E-state index contributed by atoms with van der Waals surface area (Å²) >= 11 is 1.57. The first-order valence-electron chi connectivity index (χ1n) is 6.53. The van der Waals surface area contributed by atoms with E-state index in [0.29, 0.717) is 11.4 Å². The van der Waals surface area contributed by atoms with Gasteiger partial charge in [0.25, 0.3) is 0 Å². The molecule has 0 unspecified atom stereocenters. The number of amides is 2. The predicted octanol–water partition coefficient (Wildman–Crippen LogP) is 4.65. The number of rotatable bonds is 3. The van der Waals surface area contributed by atoms with Gasteiger partial charge in [0.15, 0.2) is 0 Å². The first-order chi connectivity index (χ1) is 10.6. The predicted molar refractivity (Wildman–Crippen MR) is 88.9 cm³/mol. The zero-order valence-corrected chi connectivity index (χ0v) is 12.5. The van der Waals surface area contributed by atoms with Crippen LogP contribution in [0.1, 0.15) is 5.01 Å². The second-order valence-electron chi connectivity index (χ2n) is 4.64. The molecule has 1 aromatic heterocycles. The van der Waals surface area contributed by atoms with Crippen molar-refractivity contribution in [2.45, 2.75) is 6.92 Å². The lowest BCUT2D eigenvalue weighted by Gasteiger charge is -2.07. The second kappa shape index (κ2) is 5.90. The van der Waals surface area contributed by atoms with Crippen molar-refractivity contribution in [3.8, 4) is 0 Å². The molecular weight excluding hydrogens is 300 g/mol. The van der Waals surface area contributed by atoms with Gasteiger partial charge in [-0.05, 0) is 48.5 Å². The summed E-state index contributed by atoms with van der Waals surface area (Å²) in [6.45, 7) is 1.94. The lowest BCUT2D eigenvalue weighted by molar-refractivity contribution is 0.262. The van der Waals surface area contributed by atoms with Gasteiger partial charge in [0.2, 0.25) is 0 Å². The fourth-order valence-corrected chi connectivity index (χ4v) is 2.92. The van der Waals surface area contributed by atoms with Gasteiger partial charge in [-0.25, -0.2) is 9.78 Å². The molecule has 0 bridgehead atoms. The number of thiazole rings is 1. The third-order valence-electron chi connectivity index (χ3n) is 2.96. The molecule has 0 aliphatic heterocycles. The minimum absolute atomic E-state index is 0.263. The lowest BCUT2D eigenvalue weighted by atomic mass is 10.3. The molecular formula is C15H12N4O2S. The molecule has 110 valence electrons. The molecule has 0 saturated carbocycles. The number of carbonyl (C=O) groups excluding carboxylic acids is 1. The molecule has 2 amide bonds. The Hall–Kier alpha value is -2.80. The summed E-state index contributed by atoms with van der Waals surface area (Å²) in [4.78, 5) is 26.8. The minimum atomic E-state index is -0.386. The van der Waals surface area contributed by atoms with Gasteiger partial charge in [-0.2, -0.15) is 0 Å². The van der Waals surface area contributed by atoms with Gasteiger partial charge in [0.05, 0.1) is 15.2 Å². The van der Waals surface area contributed by atoms with Crippen LogP contribution in [0.4, 0.5) is 21.9 Å². The smallest absolute Gasteiger partial charge is 0.308 e. The molecule has 2 aromatic carbocycles. The Bertz CT molecular complexity index is 860. The summed E-state index contributed by atoms with van der Waals surface area (Å²) < 4.78 is 1.02. The van der Waals surface area contributed by atoms with E-state index in [1.54, 1.807) is 35.6 Å². The van der Waals surface area contributed by atoms with Crippen molar-refractivity contribution in [2.75, 3.05) is 10.6 Å². The Kier molecular flexibility index (Phi) is 3.80. The number of carbonyl (C=O) groups is 1. The lowest BCUT2D eigenvalue weighted by Crippen LogP contribution is -2.19.